The van der Waals surface area contributed by atoms with Crippen molar-refractivity contribution in [2.24, 2.45) is 0 Å². The Hall–Kier alpha value is -3.86. The van der Waals surface area contributed by atoms with Crippen LogP contribution in [0.25, 0.3) is 0 Å². The van der Waals surface area contributed by atoms with Crippen LogP contribution in [0.5, 0.6) is 0 Å². The van der Waals surface area contributed by atoms with Gasteiger partial charge in [-0.1, -0.05) is 42.5 Å². The Morgan fingerprint density at radius 1 is 0.812 bits per heavy atom. The van der Waals surface area contributed by atoms with Gasteiger partial charge in [-0.3, -0.25) is 5.32 Å². The fraction of sp³-hybridized carbons (Fsp3) is 0.0476. The van der Waals surface area contributed by atoms with Crippen LogP contribution in [0.1, 0.15) is 5.56 Å². The van der Waals surface area contributed by atoms with Crippen LogP contribution in [0.3, 0.4) is 0 Å². The molecule has 3 aromatic rings. The number of para-hydroxylation sites is 1. The predicted molar refractivity (Wildman–Crippen MR) is 112 cm³/mol. The Morgan fingerprint density at radius 3 is 2.00 bits per heavy atom. The number of hydrogen-bond donors (Lipinski definition) is 2. The highest BCUT2D eigenvalue weighted by Crippen LogP contribution is 2.30. The predicted octanol–water partition coefficient (Wildman–Crippen LogP) is 4.84. The molecule has 0 spiro atoms. The standard InChI is InChI=1S/C21H16F3N3O4S/c22-21(23,24)15-8-7-9-16(14-15)25-19(28)26-20(29)27(17-10-3-1-4-11-17)32(30,31)18-12-5-2-6-13-18/h1-14H,(H2,25,26,28,29). The minimum atomic E-state index is -4.63. The van der Waals surface area contributed by atoms with Gasteiger partial charge in [-0.2, -0.15) is 17.5 Å². The number of halogens is 3. The maximum atomic E-state index is 13.1. The lowest BCUT2D eigenvalue weighted by molar-refractivity contribution is -0.137. The van der Waals surface area contributed by atoms with Crippen LogP contribution in [0.4, 0.5) is 34.1 Å². The second-order valence-electron chi connectivity index (χ2n) is 6.38. The van der Waals surface area contributed by atoms with Crippen molar-refractivity contribution in [2.45, 2.75) is 11.1 Å². The second kappa shape index (κ2) is 9.10. The van der Waals surface area contributed by atoms with E-state index in [-0.39, 0.29) is 16.3 Å². The highest BCUT2D eigenvalue weighted by atomic mass is 32.2. The molecule has 32 heavy (non-hydrogen) atoms. The molecule has 11 heteroatoms. The molecule has 0 heterocycles. The summed E-state index contributed by atoms with van der Waals surface area (Å²) in [4.78, 5) is 24.8. The van der Waals surface area contributed by atoms with Crippen LogP contribution < -0.4 is 14.9 Å². The fourth-order valence-corrected chi connectivity index (χ4v) is 4.09. The van der Waals surface area contributed by atoms with Crippen LogP contribution in [0, 0.1) is 0 Å². The number of hydrogen-bond acceptors (Lipinski definition) is 4. The maximum Gasteiger partial charge on any atom is 0.416 e. The van der Waals surface area contributed by atoms with Gasteiger partial charge in [0, 0.05) is 5.69 Å². The number of nitrogens with zero attached hydrogens (tertiary/aromatic N) is 1. The van der Waals surface area contributed by atoms with Crippen molar-refractivity contribution in [1.82, 2.24) is 5.32 Å². The molecule has 0 unspecified atom stereocenters. The van der Waals surface area contributed by atoms with Gasteiger partial charge in [-0.25, -0.2) is 18.0 Å². The molecule has 0 radical (unpaired) electrons. The molecule has 0 aliphatic heterocycles. The third-order valence-corrected chi connectivity index (χ3v) is 5.85. The summed E-state index contributed by atoms with van der Waals surface area (Å²) in [5.74, 6) is 0. The molecule has 0 atom stereocenters. The van der Waals surface area contributed by atoms with Gasteiger partial charge < -0.3 is 5.32 Å². The number of carbonyl (C=O) groups is 2. The first kappa shape index (κ1) is 22.8. The number of carbonyl (C=O) groups excluding carboxylic acids is 2. The Labute approximate surface area is 181 Å². The molecule has 0 saturated heterocycles. The zero-order valence-corrected chi connectivity index (χ0v) is 17.0. The molecule has 0 fully saturated rings. The van der Waals surface area contributed by atoms with Crippen LogP contribution in [0.15, 0.2) is 89.8 Å². The van der Waals surface area contributed by atoms with Gasteiger partial charge in [-0.05, 0) is 42.5 Å². The van der Waals surface area contributed by atoms with Gasteiger partial charge in [0.1, 0.15) is 0 Å². The van der Waals surface area contributed by atoms with E-state index in [9.17, 15) is 31.2 Å². The molecule has 4 amide bonds. The molecule has 3 rings (SSSR count). The molecule has 0 aromatic heterocycles. The van der Waals surface area contributed by atoms with E-state index in [0.717, 1.165) is 12.1 Å². The van der Waals surface area contributed by atoms with Gasteiger partial charge in [-0.15, -0.1) is 0 Å². The summed E-state index contributed by atoms with van der Waals surface area (Å²) in [6.45, 7) is 0. The number of urea groups is 2. The van der Waals surface area contributed by atoms with Crippen molar-refractivity contribution in [2.75, 3.05) is 9.62 Å². The minimum absolute atomic E-state index is 0.0410. The number of alkyl halides is 3. The number of sulfonamides is 1. The van der Waals surface area contributed by atoms with Gasteiger partial charge in [0.15, 0.2) is 0 Å². The van der Waals surface area contributed by atoms with E-state index in [0.29, 0.717) is 10.4 Å². The van der Waals surface area contributed by atoms with E-state index in [4.69, 9.17) is 0 Å². The number of imide groups is 1. The lowest BCUT2D eigenvalue weighted by Gasteiger charge is -2.22. The smallest absolute Gasteiger partial charge is 0.308 e. The summed E-state index contributed by atoms with van der Waals surface area (Å²) in [6.07, 6.45) is -4.63. The molecular weight excluding hydrogens is 447 g/mol. The van der Waals surface area contributed by atoms with Crippen LogP contribution >= 0.6 is 0 Å². The van der Waals surface area contributed by atoms with E-state index in [2.05, 4.69) is 5.32 Å². The van der Waals surface area contributed by atoms with Crippen molar-refractivity contribution in [3.05, 3.63) is 90.5 Å². The maximum absolute atomic E-state index is 13.1. The topological polar surface area (TPSA) is 95.6 Å². The SMILES string of the molecule is O=C(NC(=O)N(c1ccccc1)S(=O)(=O)c1ccccc1)Nc1cccc(C(F)(F)F)c1. The third-order valence-electron chi connectivity index (χ3n) is 4.12. The Balaban J connectivity index is 1.86. The van der Waals surface area contributed by atoms with E-state index in [1.54, 1.807) is 12.1 Å². The molecule has 3 aromatic carbocycles. The molecular formula is C21H16F3N3O4S. The van der Waals surface area contributed by atoms with Gasteiger partial charge in [0.05, 0.1) is 16.1 Å². The monoisotopic (exact) mass is 463 g/mol. The average molecular weight is 463 g/mol. The molecule has 0 aliphatic carbocycles. The number of anilines is 2. The highest BCUT2D eigenvalue weighted by Gasteiger charge is 2.33. The van der Waals surface area contributed by atoms with Gasteiger partial charge >= 0.3 is 18.2 Å². The first-order valence-electron chi connectivity index (χ1n) is 9.04. The van der Waals surface area contributed by atoms with E-state index >= 15 is 0 Å². The zero-order chi connectivity index (χ0) is 23.4. The van der Waals surface area contributed by atoms with Crippen LogP contribution in [0.2, 0.25) is 0 Å². The zero-order valence-electron chi connectivity index (χ0n) is 16.2. The van der Waals surface area contributed by atoms with Crippen molar-refractivity contribution >= 4 is 33.5 Å². The summed E-state index contributed by atoms with van der Waals surface area (Å²) in [5, 5.41) is 3.93. The van der Waals surface area contributed by atoms with Crippen molar-refractivity contribution in [1.29, 1.82) is 0 Å². The summed E-state index contributed by atoms with van der Waals surface area (Å²) < 4.78 is 65.1. The quantitative estimate of drug-likeness (QED) is 0.579. The van der Waals surface area contributed by atoms with Crippen molar-refractivity contribution < 1.29 is 31.2 Å². The van der Waals surface area contributed by atoms with Gasteiger partial charge in [0.2, 0.25) is 0 Å². The van der Waals surface area contributed by atoms with E-state index < -0.39 is 33.8 Å². The minimum Gasteiger partial charge on any atom is -0.308 e. The summed E-state index contributed by atoms with van der Waals surface area (Å²) in [5.41, 5.74) is -1.28. The largest absolute Gasteiger partial charge is 0.416 e. The second-order valence-corrected chi connectivity index (χ2v) is 8.17. The first-order chi connectivity index (χ1) is 15.1. The lowest BCUT2D eigenvalue weighted by Crippen LogP contribution is -2.47. The Bertz CT molecular complexity index is 1220. The first-order valence-corrected chi connectivity index (χ1v) is 10.5. The van der Waals surface area contributed by atoms with Crippen molar-refractivity contribution in [3.8, 4) is 0 Å². The third kappa shape index (κ3) is 5.24. The molecule has 0 saturated carbocycles. The van der Waals surface area contributed by atoms with Crippen LogP contribution in [-0.4, -0.2) is 20.5 Å². The lowest BCUT2D eigenvalue weighted by atomic mass is 10.2. The van der Waals surface area contributed by atoms with E-state index in [1.807, 2.05) is 5.32 Å². The summed E-state index contributed by atoms with van der Waals surface area (Å²) in [7, 11) is -4.41. The molecule has 7 nitrogen and oxygen atoms in total. The molecule has 0 bridgehead atoms. The summed E-state index contributed by atoms with van der Waals surface area (Å²) >= 11 is 0. The number of amides is 4. The Morgan fingerprint density at radius 2 is 1.41 bits per heavy atom. The fourth-order valence-electron chi connectivity index (χ4n) is 2.71. The average Bonchev–Trinajstić information content (AvgIpc) is 2.74. The molecule has 0 aliphatic rings. The highest BCUT2D eigenvalue weighted by molar-refractivity contribution is 7.93. The number of nitrogens with one attached hydrogen (secondary N) is 2. The molecule has 2 N–H and O–H groups in total. The van der Waals surface area contributed by atoms with Crippen LogP contribution in [-0.2, 0) is 16.2 Å². The number of benzene rings is 3. The normalized spacial score (nSPS) is 11.5. The van der Waals surface area contributed by atoms with E-state index in [1.165, 1.54) is 54.6 Å². The summed E-state index contributed by atoms with van der Waals surface area (Å²) in [6, 6.07) is 15.6. The number of rotatable bonds is 4. The molecule has 166 valence electrons. The van der Waals surface area contributed by atoms with Crippen molar-refractivity contribution in [3.63, 3.8) is 0 Å². The van der Waals surface area contributed by atoms with Gasteiger partial charge in [0.25, 0.3) is 10.0 Å². The Kier molecular flexibility index (Phi) is 6.49.